The van der Waals surface area contributed by atoms with Crippen LogP contribution in [0, 0.1) is 32.1 Å². The lowest BCUT2D eigenvalue weighted by Gasteiger charge is -2.09. The molecule has 0 bridgehead atoms. The number of nitrogens with one attached hydrogen (secondary N) is 1. The number of ether oxygens (including phenoxy) is 1. The van der Waals surface area contributed by atoms with Gasteiger partial charge in [-0.05, 0) is 44.0 Å². The van der Waals surface area contributed by atoms with Crippen LogP contribution >= 0.6 is 23.1 Å². The van der Waals surface area contributed by atoms with Crippen molar-refractivity contribution in [3.05, 3.63) is 45.8 Å². The molecular formula is C21H21N3O2S2. The first-order valence-electron chi connectivity index (χ1n) is 8.81. The molecule has 5 nitrogen and oxygen atoms in total. The van der Waals surface area contributed by atoms with Gasteiger partial charge in [0.25, 0.3) is 0 Å². The van der Waals surface area contributed by atoms with Gasteiger partial charge in [-0.15, -0.1) is 23.1 Å². The molecule has 144 valence electrons. The lowest BCUT2D eigenvalue weighted by atomic mass is 10.1. The molecule has 3 rings (SSSR count). The Balaban J connectivity index is 1.66. The van der Waals surface area contributed by atoms with Crippen LogP contribution in [0.15, 0.2) is 29.3 Å². The summed E-state index contributed by atoms with van der Waals surface area (Å²) in [5.41, 5.74) is 3.45. The van der Waals surface area contributed by atoms with Gasteiger partial charge in [-0.3, -0.25) is 4.79 Å². The number of hydrogen-bond donors (Lipinski definition) is 1. The van der Waals surface area contributed by atoms with E-state index in [4.69, 9.17) is 9.72 Å². The molecule has 28 heavy (non-hydrogen) atoms. The number of hydrogen-bond acceptors (Lipinski definition) is 6. The topological polar surface area (TPSA) is 75.0 Å². The highest BCUT2D eigenvalue weighted by Gasteiger charge is 2.15. The van der Waals surface area contributed by atoms with Crippen LogP contribution in [-0.4, -0.2) is 23.8 Å². The van der Waals surface area contributed by atoms with Crippen molar-refractivity contribution in [3.63, 3.8) is 0 Å². The number of thiophene rings is 1. The van der Waals surface area contributed by atoms with Crippen molar-refractivity contribution >= 4 is 44.9 Å². The number of nitriles is 1. The predicted molar refractivity (Wildman–Crippen MR) is 116 cm³/mol. The van der Waals surface area contributed by atoms with Crippen LogP contribution in [0.2, 0.25) is 0 Å². The summed E-state index contributed by atoms with van der Waals surface area (Å²) in [4.78, 5) is 18.0. The lowest BCUT2D eigenvalue weighted by Crippen LogP contribution is -2.12. The molecule has 0 aliphatic carbocycles. The number of methoxy groups -OCH3 is 1. The Bertz CT molecular complexity index is 1080. The minimum absolute atomic E-state index is 0.0969. The van der Waals surface area contributed by atoms with E-state index in [1.165, 1.54) is 23.1 Å². The average molecular weight is 412 g/mol. The van der Waals surface area contributed by atoms with Crippen molar-refractivity contribution in [2.45, 2.75) is 32.2 Å². The molecule has 0 atom stereocenters. The molecule has 1 aromatic carbocycles. The van der Waals surface area contributed by atoms with E-state index in [0.29, 0.717) is 22.7 Å². The molecule has 1 amide bonds. The maximum Gasteiger partial charge on any atom is 0.225 e. The number of carbonyl (C=O) groups is 1. The molecule has 2 aromatic heterocycles. The number of rotatable bonds is 6. The van der Waals surface area contributed by atoms with Gasteiger partial charge in [-0.2, -0.15) is 5.26 Å². The summed E-state index contributed by atoms with van der Waals surface area (Å²) >= 11 is 2.98. The Morgan fingerprint density at radius 3 is 2.86 bits per heavy atom. The van der Waals surface area contributed by atoms with E-state index in [-0.39, 0.29) is 5.91 Å². The van der Waals surface area contributed by atoms with E-state index in [1.807, 2.05) is 45.0 Å². The predicted octanol–water partition coefficient (Wildman–Crippen LogP) is 5.22. The number of aryl methyl sites for hydroxylation is 2. The fourth-order valence-electron chi connectivity index (χ4n) is 2.89. The van der Waals surface area contributed by atoms with E-state index in [0.717, 1.165) is 37.7 Å². The number of aromatic nitrogens is 1. The third kappa shape index (κ3) is 4.13. The number of para-hydroxylation sites is 1. The third-order valence-electron chi connectivity index (χ3n) is 4.53. The van der Waals surface area contributed by atoms with E-state index >= 15 is 0 Å². The van der Waals surface area contributed by atoms with Gasteiger partial charge in [0, 0.05) is 22.4 Å². The maximum absolute atomic E-state index is 12.3. The number of nitrogens with zero attached hydrogens (tertiary/aromatic N) is 2. The Hall–Kier alpha value is -2.56. The summed E-state index contributed by atoms with van der Waals surface area (Å²) in [7, 11) is 1.64. The normalized spacial score (nSPS) is 10.7. The molecule has 0 aliphatic heterocycles. The van der Waals surface area contributed by atoms with Crippen LogP contribution in [0.3, 0.4) is 0 Å². The number of anilines is 1. The maximum atomic E-state index is 12.3. The zero-order valence-electron chi connectivity index (χ0n) is 16.3. The molecule has 2 heterocycles. The Labute approximate surface area is 172 Å². The van der Waals surface area contributed by atoms with Crippen LogP contribution < -0.4 is 10.1 Å². The zero-order chi connectivity index (χ0) is 20.3. The monoisotopic (exact) mass is 411 g/mol. The third-order valence-corrected chi connectivity index (χ3v) is 6.57. The Morgan fingerprint density at radius 1 is 1.36 bits per heavy atom. The summed E-state index contributed by atoms with van der Waals surface area (Å²) in [5.74, 6) is 1.25. The van der Waals surface area contributed by atoms with Crippen LogP contribution in [0.4, 0.5) is 5.00 Å². The number of thioether (sulfide) groups is 1. The van der Waals surface area contributed by atoms with Gasteiger partial charge in [-0.25, -0.2) is 4.98 Å². The van der Waals surface area contributed by atoms with Crippen LogP contribution in [0.1, 0.15) is 28.0 Å². The van der Waals surface area contributed by atoms with Crippen molar-refractivity contribution in [1.82, 2.24) is 4.98 Å². The highest BCUT2D eigenvalue weighted by atomic mass is 32.2. The molecule has 0 radical (unpaired) electrons. The van der Waals surface area contributed by atoms with Crippen molar-refractivity contribution < 1.29 is 9.53 Å². The summed E-state index contributed by atoms with van der Waals surface area (Å²) in [6.45, 7) is 5.90. The zero-order valence-corrected chi connectivity index (χ0v) is 17.9. The fourth-order valence-corrected chi connectivity index (χ4v) is 4.83. The van der Waals surface area contributed by atoms with E-state index in [9.17, 15) is 10.1 Å². The summed E-state index contributed by atoms with van der Waals surface area (Å²) in [6.07, 6.45) is 0.343. The van der Waals surface area contributed by atoms with E-state index in [2.05, 4.69) is 11.4 Å². The first-order valence-corrected chi connectivity index (χ1v) is 10.6. The highest BCUT2D eigenvalue weighted by molar-refractivity contribution is 7.99. The molecule has 0 fully saturated rings. The summed E-state index contributed by atoms with van der Waals surface area (Å²) in [6, 6.07) is 10.1. The molecule has 0 unspecified atom stereocenters. The van der Waals surface area contributed by atoms with Crippen molar-refractivity contribution in [3.8, 4) is 11.8 Å². The fraction of sp³-hybridized carbons (Fsp3) is 0.286. The largest absolute Gasteiger partial charge is 0.494 e. The first-order chi connectivity index (χ1) is 13.4. The number of pyridine rings is 1. The van der Waals surface area contributed by atoms with Gasteiger partial charge >= 0.3 is 0 Å². The molecule has 3 aromatic rings. The van der Waals surface area contributed by atoms with Crippen molar-refractivity contribution in [2.75, 3.05) is 18.2 Å². The SMILES string of the molecule is COc1cccc2c(C)cc(SCCC(=O)Nc3sc(C)c(C)c3C#N)nc12. The molecule has 0 saturated heterocycles. The summed E-state index contributed by atoms with van der Waals surface area (Å²) in [5, 5.41) is 14.7. The molecule has 0 spiro atoms. The quantitative estimate of drug-likeness (QED) is 0.563. The number of carbonyl (C=O) groups excluding carboxylic acids is 1. The summed E-state index contributed by atoms with van der Waals surface area (Å²) < 4.78 is 5.42. The second-order valence-corrected chi connectivity index (χ2v) is 8.72. The van der Waals surface area contributed by atoms with Crippen LogP contribution in [0.25, 0.3) is 10.9 Å². The van der Waals surface area contributed by atoms with E-state index in [1.54, 1.807) is 7.11 Å². The van der Waals surface area contributed by atoms with Gasteiger partial charge in [0.2, 0.25) is 5.91 Å². The lowest BCUT2D eigenvalue weighted by molar-refractivity contribution is -0.115. The number of amides is 1. The van der Waals surface area contributed by atoms with Gasteiger partial charge in [0.05, 0.1) is 17.7 Å². The van der Waals surface area contributed by atoms with E-state index < -0.39 is 0 Å². The van der Waals surface area contributed by atoms with Crippen LogP contribution in [-0.2, 0) is 4.79 Å². The van der Waals surface area contributed by atoms with Crippen LogP contribution in [0.5, 0.6) is 5.75 Å². The number of benzene rings is 1. The molecule has 0 aliphatic rings. The Morgan fingerprint density at radius 2 is 2.14 bits per heavy atom. The number of fused-ring (bicyclic) bond motifs is 1. The van der Waals surface area contributed by atoms with Crippen molar-refractivity contribution in [1.29, 1.82) is 5.26 Å². The Kier molecular flexibility index (Phi) is 6.22. The standard InChI is InChI=1S/C21H21N3O2S2/c1-12-10-19(24-20-15(12)6-5-7-17(20)26-4)27-9-8-18(25)23-21-16(11-22)13(2)14(3)28-21/h5-7,10H,8-9H2,1-4H3,(H,23,25). The minimum atomic E-state index is -0.0969. The molecule has 7 heteroatoms. The van der Waals surface area contributed by atoms with Gasteiger partial charge in [0.15, 0.2) is 0 Å². The van der Waals surface area contributed by atoms with Gasteiger partial charge < -0.3 is 10.1 Å². The van der Waals surface area contributed by atoms with Gasteiger partial charge in [-0.1, -0.05) is 12.1 Å². The second-order valence-electron chi connectivity index (χ2n) is 6.38. The second kappa shape index (κ2) is 8.63. The van der Waals surface area contributed by atoms with Gasteiger partial charge in [0.1, 0.15) is 22.3 Å². The van der Waals surface area contributed by atoms with Crippen molar-refractivity contribution in [2.24, 2.45) is 0 Å². The smallest absolute Gasteiger partial charge is 0.225 e. The average Bonchev–Trinajstić information content (AvgIpc) is 2.94. The molecule has 1 N–H and O–H groups in total. The molecule has 0 saturated carbocycles. The highest BCUT2D eigenvalue weighted by Crippen LogP contribution is 2.32. The molecular weight excluding hydrogens is 390 g/mol. The first kappa shape index (κ1) is 20.2. The minimum Gasteiger partial charge on any atom is -0.494 e.